The maximum atomic E-state index is 12.3. The third kappa shape index (κ3) is 3.97. The van der Waals surface area contributed by atoms with Crippen molar-refractivity contribution < 1.29 is 9.53 Å². The van der Waals surface area contributed by atoms with Crippen LogP contribution in [0, 0.1) is 0 Å². The van der Waals surface area contributed by atoms with Crippen molar-refractivity contribution in [1.29, 1.82) is 0 Å². The van der Waals surface area contributed by atoms with E-state index in [0.717, 1.165) is 5.56 Å². The maximum absolute atomic E-state index is 12.3. The first-order valence-electron chi connectivity index (χ1n) is 7.41. The molecule has 2 aromatic rings. The largest absolute Gasteiger partial charge is 0.378 e. The number of hydrogen-bond donors (Lipinski definition) is 1. The molecule has 1 aromatic carbocycles. The van der Waals surface area contributed by atoms with Crippen LogP contribution in [0.1, 0.15) is 16.1 Å². The van der Waals surface area contributed by atoms with E-state index in [4.69, 9.17) is 16.3 Å². The van der Waals surface area contributed by atoms with Crippen LogP contribution in [0.4, 0.5) is 5.95 Å². The van der Waals surface area contributed by atoms with E-state index in [0.29, 0.717) is 38.8 Å². The number of nitrogens with one attached hydrogen (secondary N) is 1. The summed E-state index contributed by atoms with van der Waals surface area (Å²) in [6.07, 6.45) is 1.47. The van der Waals surface area contributed by atoms with Gasteiger partial charge >= 0.3 is 0 Å². The van der Waals surface area contributed by atoms with Gasteiger partial charge in [0.25, 0.3) is 5.91 Å². The molecular weight excluding hydrogens is 316 g/mol. The molecule has 1 aliphatic rings. The summed E-state index contributed by atoms with van der Waals surface area (Å²) in [5.74, 6) is 0.193. The number of benzene rings is 1. The fraction of sp³-hybridized carbons (Fsp3) is 0.312. The second kappa shape index (κ2) is 7.39. The Morgan fingerprint density at radius 3 is 2.74 bits per heavy atom. The lowest BCUT2D eigenvalue weighted by Gasteiger charge is -2.26. The normalized spacial score (nSPS) is 14.6. The molecule has 0 radical (unpaired) electrons. The first-order valence-corrected chi connectivity index (χ1v) is 7.79. The lowest BCUT2D eigenvalue weighted by Crippen LogP contribution is -2.37. The van der Waals surface area contributed by atoms with Gasteiger partial charge in [0.2, 0.25) is 5.95 Å². The average molecular weight is 333 g/mol. The number of amides is 1. The van der Waals surface area contributed by atoms with Gasteiger partial charge in [-0.15, -0.1) is 0 Å². The molecule has 7 heteroatoms. The van der Waals surface area contributed by atoms with E-state index in [9.17, 15) is 4.79 Å². The molecule has 3 rings (SSSR count). The molecule has 1 fully saturated rings. The van der Waals surface area contributed by atoms with Gasteiger partial charge in [0.15, 0.2) is 5.69 Å². The van der Waals surface area contributed by atoms with Crippen LogP contribution < -0.4 is 10.2 Å². The number of carbonyl (C=O) groups excluding carboxylic acids is 1. The van der Waals surface area contributed by atoms with Crippen LogP contribution in [0.3, 0.4) is 0 Å². The van der Waals surface area contributed by atoms with Gasteiger partial charge in [-0.05, 0) is 5.56 Å². The fourth-order valence-corrected chi connectivity index (χ4v) is 2.47. The molecule has 0 bridgehead atoms. The molecule has 0 saturated carbocycles. The number of ether oxygens (including phenoxy) is 1. The molecule has 0 unspecified atom stereocenters. The third-order valence-electron chi connectivity index (χ3n) is 3.54. The summed E-state index contributed by atoms with van der Waals surface area (Å²) in [6, 6.07) is 9.68. The molecule has 1 N–H and O–H groups in total. The first-order chi connectivity index (χ1) is 11.2. The predicted octanol–water partition coefficient (Wildman–Crippen LogP) is 1.90. The number of aromatic nitrogens is 2. The Morgan fingerprint density at radius 2 is 2.00 bits per heavy atom. The van der Waals surface area contributed by atoms with Crippen molar-refractivity contribution in [2.45, 2.75) is 6.54 Å². The van der Waals surface area contributed by atoms with E-state index >= 15 is 0 Å². The number of halogens is 1. The Bertz CT molecular complexity index is 675. The van der Waals surface area contributed by atoms with Crippen LogP contribution in [0.2, 0.25) is 5.02 Å². The molecule has 0 atom stereocenters. The number of morpholine rings is 1. The van der Waals surface area contributed by atoms with Crippen LogP contribution >= 0.6 is 11.6 Å². The monoisotopic (exact) mass is 332 g/mol. The highest BCUT2D eigenvalue weighted by Gasteiger charge is 2.18. The molecule has 1 saturated heterocycles. The third-order valence-corrected chi connectivity index (χ3v) is 3.81. The summed E-state index contributed by atoms with van der Waals surface area (Å²) < 4.78 is 5.31. The zero-order valence-corrected chi connectivity index (χ0v) is 13.3. The van der Waals surface area contributed by atoms with E-state index in [-0.39, 0.29) is 16.6 Å². The number of rotatable bonds is 4. The Kier molecular flexibility index (Phi) is 5.05. The lowest BCUT2D eigenvalue weighted by atomic mass is 10.2. The van der Waals surface area contributed by atoms with Gasteiger partial charge in [0, 0.05) is 19.6 Å². The summed E-state index contributed by atoms with van der Waals surface area (Å²) in [6.45, 7) is 3.08. The quantitative estimate of drug-likeness (QED) is 0.926. The molecule has 1 amide bonds. The van der Waals surface area contributed by atoms with Crippen LogP contribution in [0.5, 0.6) is 0 Å². The van der Waals surface area contributed by atoms with Gasteiger partial charge in [-0.25, -0.2) is 9.97 Å². The van der Waals surface area contributed by atoms with E-state index in [1.165, 1.54) is 6.20 Å². The molecule has 2 heterocycles. The number of carbonyl (C=O) groups is 1. The van der Waals surface area contributed by atoms with Crippen LogP contribution in [0.15, 0.2) is 36.5 Å². The molecule has 23 heavy (non-hydrogen) atoms. The van der Waals surface area contributed by atoms with E-state index in [2.05, 4.69) is 15.3 Å². The van der Waals surface area contributed by atoms with Gasteiger partial charge in [-0.2, -0.15) is 0 Å². The minimum atomic E-state index is -0.309. The van der Waals surface area contributed by atoms with Crippen molar-refractivity contribution in [2.24, 2.45) is 0 Å². The van der Waals surface area contributed by atoms with Crippen molar-refractivity contribution in [3.05, 3.63) is 52.8 Å². The maximum Gasteiger partial charge on any atom is 0.271 e. The smallest absolute Gasteiger partial charge is 0.271 e. The van der Waals surface area contributed by atoms with Gasteiger partial charge in [0.05, 0.1) is 24.4 Å². The van der Waals surface area contributed by atoms with Crippen LogP contribution in [-0.4, -0.2) is 42.2 Å². The van der Waals surface area contributed by atoms with E-state index in [1.54, 1.807) is 0 Å². The van der Waals surface area contributed by atoms with Crippen LogP contribution in [-0.2, 0) is 11.3 Å². The first kappa shape index (κ1) is 15.7. The van der Waals surface area contributed by atoms with Gasteiger partial charge in [-0.3, -0.25) is 4.79 Å². The summed E-state index contributed by atoms with van der Waals surface area (Å²) in [7, 11) is 0. The van der Waals surface area contributed by atoms with Crippen molar-refractivity contribution in [3.63, 3.8) is 0 Å². The molecule has 1 aliphatic heterocycles. The van der Waals surface area contributed by atoms with Crippen molar-refractivity contribution in [1.82, 2.24) is 15.3 Å². The van der Waals surface area contributed by atoms with Crippen LogP contribution in [0.25, 0.3) is 0 Å². The second-order valence-electron chi connectivity index (χ2n) is 5.13. The fourth-order valence-electron chi connectivity index (χ4n) is 2.29. The number of nitrogens with zero attached hydrogens (tertiary/aromatic N) is 3. The molecular formula is C16H17ClN4O2. The highest BCUT2D eigenvalue weighted by atomic mass is 35.5. The standard InChI is InChI=1S/C16H17ClN4O2/c17-13-11-19-16(21-6-8-23-9-7-21)20-14(13)15(22)18-10-12-4-2-1-3-5-12/h1-5,11H,6-10H2,(H,18,22). The Morgan fingerprint density at radius 1 is 1.26 bits per heavy atom. The summed E-state index contributed by atoms with van der Waals surface area (Å²) in [5, 5.41) is 3.07. The topological polar surface area (TPSA) is 67.4 Å². The van der Waals surface area contributed by atoms with E-state index < -0.39 is 0 Å². The Balaban J connectivity index is 1.71. The highest BCUT2D eigenvalue weighted by Crippen LogP contribution is 2.17. The Hall–Kier alpha value is -2.18. The Labute approximate surface area is 139 Å². The average Bonchev–Trinajstić information content (AvgIpc) is 2.62. The summed E-state index contributed by atoms with van der Waals surface area (Å²) in [5.41, 5.74) is 1.21. The number of hydrogen-bond acceptors (Lipinski definition) is 5. The molecule has 1 aromatic heterocycles. The van der Waals surface area contributed by atoms with Gasteiger partial charge in [0.1, 0.15) is 0 Å². The highest BCUT2D eigenvalue weighted by molar-refractivity contribution is 6.33. The van der Waals surface area contributed by atoms with Gasteiger partial charge < -0.3 is 15.0 Å². The number of anilines is 1. The zero-order valence-electron chi connectivity index (χ0n) is 12.5. The zero-order chi connectivity index (χ0) is 16.1. The summed E-state index contributed by atoms with van der Waals surface area (Å²) in [4.78, 5) is 22.9. The second-order valence-corrected chi connectivity index (χ2v) is 5.54. The molecule has 0 spiro atoms. The minimum Gasteiger partial charge on any atom is -0.378 e. The van der Waals surface area contributed by atoms with Crippen molar-refractivity contribution >= 4 is 23.5 Å². The lowest BCUT2D eigenvalue weighted by molar-refractivity contribution is 0.0945. The van der Waals surface area contributed by atoms with E-state index in [1.807, 2.05) is 35.2 Å². The van der Waals surface area contributed by atoms with Crippen molar-refractivity contribution in [3.8, 4) is 0 Å². The SMILES string of the molecule is O=C(NCc1ccccc1)c1nc(N2CCOCC2)ncc1Cl. The molecule has 0 aliphatic carbocycles. The predicted molar refractivity (Wildman–Crippen MR) is 87.7 cm³/mol. The minimum absolute atomic E-state index is 0.194. The van der Waals surface area contributed by atoms with Gasteiger partial charge in [-0.1, -0.05) is 41.9 Å². The summed E-state index contributed by atoms with van der Waals surface area (Å²) >= 11 is 6.08. The molecule has 120 valence electrons. The van der Waals surface area contributed by atoms with Crippen molar-refractivity contribution in [2.75, 3.05) is 31.2 Å². The molecule has 6 nitrogen and oxygen atoms in total.